The fourth-order valence-corrected chi connectivity index (χ4v) is 5.35. The number of aliphatic hydroxyl groups is 1. The maximum Gasteiger partial charge on any atom is 0.225 e. The highest BCUT2D eigenvalue weighted by atomic mass is 16.5. The molecule has 2 aromatic heterocycles. The molecule has 1 N–H and O–H groups in total. The lowest BCUT2D eigenvalue weighted by molar-refractivity contribution is -0.164. The molecule has 3 aliphatic rings. The van der Waals surface area contributed by atoms with Crippen LogP contribution in [0.25, 0.3) is 11.0 Å². The Labute approximate surface area is 165 Å². The molecule has 3 heterocycles. The van der Waals surface area contributed by atoms with Gasteiger partial charge in [0, 0.05) is 49.1 Å². The van der Waals surface area contributed by atoms with E-state index in [1.165, 1.54) is 0 Å². The third kappa shape index (κ3) is 3.08. The van der Waals surface area contributed by atoms with Crippen LogP contribution in [-0.4, -0.2) is 50.3 Å². The molecule has 0 unspecified atom stereocenters. The lowest BCUT2D eigenvalue weighted by atomic mass is 9.66. The summed E-state index contributed by atoms with van der Waals surface area (Å²) in [5.74, 6) is 0.985. The summed E-state index contributed by atoms with van der Waals surface area (Å²) in [5, 5.41) is 11.0. The van der Waals surface area contributed by atoms with Gasteiger partial charge in [-0.3, -0.25) is 4.79 Å². The van der Waals surface area contributed by atoms with Gasteiger partial charge in [0.05, 0.1) is 5.60 Å². The average molecular weight is 383 g/mol. The van der Waals surface area contributed by atoms with Gasteiger partial charge >= 0.3 is 0 Å². The van der Waals surface area contributed by atoms with E-state index in [1.807, 2.05) is 35.7 Å². The van der Waals surface area contributed by atoms with Crippen molar-refractivity contribution in [2.75, 3.05) is 13.1 Å². The van der Waals surface area contributed by atoms with Crippen molar-refractivity contribution in [2.24, 2.45) is 18.4 Å². The zero-order valence-corrected chi connectivity index (χ0v) is 16.7. The van der Waals surface area contributed by atoms with Crippen molar-refractivity contribution in [1.29, 1.82) is 0 Å². The Morgan fingerprint density at radius 3 is 2.61 bits per heavy atom. The molecule has 6 heteroatoms. The molecule has 1 saturated heterocycles. The molecule has 1 amide bonds. The van der Waals surface area contributed by atoms with E-state index < -0.39 is 5.60 Å². The molecule has 0 bridgehead atoms. The highest BCUT2D eigenvalue weighted by molar-refractivity contribution is 5.81. The smallest absolute Gasteiger partial charge is 0.225 e. The number of aryl methyl sites for hydroxylation is 1. The summed E-state index contributed by atoms with van der Waals surface area (Å²) in [4.78, 5) is 19.2. The summed E-state index contributed by atoms with van der Waals surface area (Å²) in [6, 6.07) is 6.09. The van der Waals surface area contributed by atoms with Gasteiger partial charge in [-0.25, -0.2) is 0 Å². The molecular weight excluding hydrogens is 354 g/mol. The molecule has 3 fully saturated rings. The van der Waals surface area contributed by atoms with E-state index in [9.17, 15) is 9.90 Å². The first-order valence-corrected chi connectivity index (χ1v) is 10.4. The molecule has 0 radical (unpaired) electrons. The number of hydrogen-bond donors (Lipinski definition) is 1. The number of fused-ring (bicyclic) bond motifs is 1. The second-order valence-electron chi connectivity index (χ2n) is 9.60. The molecule has 28 heavy (non-hydrogen) atoms. The number of carbonyl (C=O) groups excluding carboxylic acids is 1. The molecule has 2 aromatic rings. The highest BCUT2D eigenvalue weighted by Gasteiger charge is 2.51. The van der Waals surface area contributed by atoms with Crippen LogP contribution in [0.5, 0.6) is 5.88 Å². The molecule has 0 aromatic carbocycles. The van der Waals surface area contributed by atoms with Crippen LogP contribution in [-0.2, 0) is 11.8 Å². The minimum atomic E-state index is -0.630. The first kappa shape index (κ1) is 18.0. The third-order valence-corrected chi connectivity index (χ3v) is 7.06. The average Bonchev–Trinajstić information content (AvgIpc) is 2.99. The number of hydrogen-bond acceptors (Lipinski definition) is 4. The van der Waals surface area contributed by atoms with Gasteiger partial charge in [-0.2, -0.15) is 4.98 Å². The van der Waals surface area contributed by atoms with Gasteiger partial charge in [0.25, 0.3) is 0 Å². The number of pyridine rings is 1. The van der Waals surface area contributed by atoms with Gasteiger partial charge in [0.1, 0.15) is 11.8 Å². The minimum absolute atomic E-state index is 0.0329. The Bertz CT molecular complexity index is 895. The van der Waals surface area contributed by atoms with E-state index in [2.05, 4.69) is 17.1 Å². The van der Waals surface area contributed by atoms with Gasteiger partial charge in [-0.05, 0) is 57.6 Å². The summed E-state index contributed by atoms with van der Waals surface area (Å²) >= 11 is 0. The third-order valence-electron chi connectivity index (χ3n) is 7.06. The van der Waals surface area contributed by atoms with Crippen LogP contribution in [0, 0.1) is 11.3 Å². The van der Waals surface area contributed by atoms with Crippen LogP contribution in [0.1, 0.15) is 45.4 Å². The molecule has 1 spiro atoms. The zero-order chi connectivity index (χ0) is 19.5. The minimum Gasteiger partial charge on any atom is -0.474 e. The van der Waals surface area contributed by atoms with Crippen molar-refractivity contribution in [3.8, 4) is 5.88 Å². The number of aromatic nitrogens is 2. The fourth-order valence-electron chi connectivity index (χ4n) is 5.35. The van der Waals surface area contributed by atoms with Crippen LogP contribution in [0.15, 0.2) is 24.4 Å². The molecular formula is C22H29N3O3. The summed E-state index contributed by atoms with van der Waals surface area (Å²) < 4.78 is 8.19. The number of likely N-dealkylation sites (tertiary alicyclic amines) is 1. The van der Waals surface area contributed by atoms with Crippen molar-refractivity contribution < 1.29 is 14.6 Å². The molecule has 150 valence electrons. The molecule has 1 aliphatic heterocycles. The van der Waals surface area contributed by atoms with Crippen molar-refractivity contribution in [3.63, 3.8) is 0 Å². The van der Waals surface area contributed by atoms with E-state index >= 15 is 0 Å². The quantitative estimate of drug-likeness (QED) is 0.885. The van der Waals surface area contributed by atoms with Crippen molar-refractivity contribution in [1.82, 2.24) is 14.5 Å². The number of amides is 1. The van der Waals surface area contributed by atoms with Crippen LogP contribution in [0.4, 0.5) is 0 Å². The molecule has 5 rings (SSSR count). The van der Waals surface area contributed by atoms with Crippen LogP contribution in [0.2, 0.25) is 0 Å². The predicted octanol–water partition coefficient (Wildman–Crippen LogP) is 2.88. The molecule has 2 aliphatic carbocycles. The Balaban J connectivity index is 1.13. The van der Waals surface area contributed by atoms with Gasteiger partial charge in [0.15, 0.2) is 0 Å². The second-order valence-corrected chi connectivity index (χ2v) is 9.60. The monoisotopic (exact) mass is 383 g/mol. The van der Waals surface area contributed by atoms with E-state index in [0.717, 1.165) is 49.8 Å². The highest BCUT2D eigenvalue weighted by Crippen LogP contribution is 2.47. The van der Waals surface area contributed by atoms with Gasteiger partial charge in [-0.15, -0.1) is 0 Å². The number of ether oxygens (including phenoxy) is 1. The summed E-state index contributed by atoms with van der Waals surface area (Å²) in [5.41, 5.74) is 0.611. The number of nitrogens with zero attached hydrogens (tertiary/aromatic N) is 3. The maximum atomic E-state index is 12.5. The normalized spacial score (nSPS) is 29.5. The molecule has 0 atom stereocenters. The van der Waals surface area contributed by atoms with Gasteiger partial charge in [-0.1, -0.05) is 0 Å². The fraction of sp³-hybridized carbons (Fsp3) is 0.636. The maximum absolute atomic E-state index is 12.5. The first-order chi connectivity index (χ1) is 13.3. The second kappa shape index (κ2) is 6.21. The van der Waals surface area contributed by atoms with Gasteiger partial charge < -0.3 is 19.3 Å². The Kier molecular flexibility index (Phi) is 3.99. The van der Waals surface area contributed by atoms with Crippen LogP contribution < -0.4 is 4.74 Å². The van der Waals surface area contributed by atoms with E-state index in [1.54, 1.807) is 0 Å². The van der Waals surface area contributed by atoms with Crippen molar-refractivity contribution >= 4 is 16.9 Å². The van der Waals surface area contributed by atoms with E-state index in [-0.39, 0.29) is 23.3 Å². The van der Waals surface area contributed by atoms with Crippen LogP contribution in [0.3, 0.4) is 0 Å². The standard InChI is InChI=1S/C22H29N3O3/c1-21(27)11-16(12-21)20(26)25-13-22(14-25)8-5-17(6-9-22)28-18-4-3-15-7-10-24(2)19(15)23-18/h3-4,7,10,16-17,27H,5-6,8-9,11-14H2,1-2H3. The summed E-state index contributed by atoms with van der Waals surface area (Å²) in [7, 11) is 2.00. The largest absolute Gasteiger partial charge is 0.474 e. The van der Waals surface area contributed by atoms with Crippen molar-refractivity contribution in [2.45, 2.75) is 57.2 Å². The molecule has 2 saturated carbocycles. The predicted molar refractivity (Wildman–Crippen MR) is 106 cm³/mol. The lowest BCUT2D eigenvalue weighted by Gasteiger charge is -2.55. The number of carbonyl (C=O) groups is 1. The summed E-state index contributed by atoms with van der Waals surface area (Å²) in [6.07, 6.45) is 7.71. The van der Waals surface area contributed by atoms with Crippen molar-refractivity contribution in [3.05, 3.63) is 24.4 Å². The SMILES string of the molecule is Cn1ccc2ccc(OC3CCC4(CC3)CN(C(=O)C3CC(C)(O)C3)C4)nc21. The Morgan fingerprint density at radius 1 is 1.21 bits per heavy atom. The van der Waals surface area contributed by atoms with Gasteiger partial charge in [0.2, 0.25) is 11.8 Å². The Hall–Kier alpha value is -2.08. The Morgan fingerprint density at radius 2 is 1.93 bits per heavy atom. The zero-order valence-electron chi connectivity index (χ0n) is 16.7. The van der Waals surface area contributed by atoms with E-state index in [0.29, 0.717) is 18.7 Å². The summed E-state index contributed by atoms with van der Waals surface area (Å²) in [6.45, 7) is 3.58. The molecule has 6 nitrogen and oxygen atoms in total. The van der Waals surface area contributed by atoms with E-state index in [4.69, 9.17) is 4.74 Å². The van der Waals surface area contributed by atoms with Crippen LogP contribution >= 0.6 is 0 Å². The number of rotatable bonds is 3. The topological polar surface area (TPSA) is 67.6 Å². The first-order valence-electron chi connectivity index (χ1n) is 10.4. The lowest BCUT2D eigenvalue weighted by Crippen LogP contribution is -2.63.